The third-order valence-electron chi connectivity index (χ3n) is 6.96. The molecule has 0 heterocycles. The summed E-state index contributed by atoms with van der Waals surface area (Å²) in [6, 6.07) is 35.5. The van der Waals surface area contributed by atoms with Crippen LogP contribution in [0.3, 0.4) is 0 Å². The number of hydrogen-bond donors (Lipinski definition) is 2. The summed E-state index contributed by atoms with van der Waals surface area (Å²) >= 11 is 0. The van der Waals surface area contributed by atoms with Crippen molar-refractivity contribution in [3.8, 4) is 23.0 Å². The third-order valence-corrected chi connectivity index (χ3v) is 6.96. The van der Waals surface area contributed by atoms with Crippen LogP contribution in [0, 0.1) is 0 Å². The van der Waals surface area contributed by atoms with E-state index in [1.807, 2.05) is 99.0 Å². The highest BCUT2D eigenvalue weighted by Gasteiger charge is 2.46. The van der Waals surface area contributed by atoms with Crippen LogP contribution in [0.1, 0.15) is 18.1 Å². The smallest absolute Gasteiger partial charge is 0.175 e. The summed E-state index contributed by atoms with van der Waals surface area (Å²) in [4.78, 5) is 0. The largest absolute Gasteiger partial charge is 0.497 e. The Morgan fingerprint density at radius 3 is 1.90 bits per heavy atom. The van der Waals surface area contributed by atoms with Gasteiger partial charge in [-0.1, -0.05) is 66.7 Å². The average molecular weight is 539 g/mol. The van der Waals surface area contributed by atoms with Crippen LogP contribution in [0.2, 0.25) is 0 Å². The first-order chi connectivity index (χ1) is 19.5. The zero-order valence-corrected chi connectivity index (χ0v) is 23.8. The average Bonchev–Trinajstić information content (AvgIpc) is 3.02. The van der Waals surface area contributed by atoms with E-state index in [4.69, 9.17) is 18.9 Å². The third kappa shape index (κ3) is 6.30. The van der Waals surface area contributed by atoms with Crippen molar-refractivity contribution in [3.63, 3.8) is 0 Å². The molecule has 2 N–H and O–H groups in total. The van der Waals surface area contributed by atoms with Crippen molar-refractivity contribution in [2.24, 2.45) is 0 Å². The lowest BCUT2D eigenvalue weighted by molar-refractivity contribution is 0.0668. The Bertz CT molecular complexity index is 1370. The molecule has 40 heavy (non-hydrogen) atoms. The Kier molecular flexibility index (Phi) is 9.84. The van der Waals surface area contributed by atoms with E-state index in [2.05, 4.69) is 41.8 Å². The van der Waals surface area contributed by atoms with E-state index in [0.717, 1.165) is 22.4 Å². The van der Waals surface area contributed by atoms with Gasteiger partial charge in [-0.3, -0.25) is 0 Å². The molecule has 2 atom stereocenters. The zero-order chi connectivity index (χ0) is 28.4. The molecule has 0 aliphatic rings. The van der Waals surface area contributed by atoms with Gasteiger partial charge in [0.1, 0.15) is 28.8 Å². The second-order valence-corrected chi connectivity index (χ2v) is 9.37. The summed E-state index contributed by atoms with van der Waals surface area (Å²) in [5.41, 5.74) is 1.86. The Balaban J connectivity index is 2.04. The van der Waals surface area contributed by atoms with Gasteiger partial charge in [0.2, 0.25) is 0 Å². The molecule has 0 fully saturated rings. The lowest BCUT2D eigenvalue weighted by atomic mass is 9.78. The topological polar surface area (TPSA) is 61.0 Å². The molecule has 4 aromatic carbocycles. The molecule has 0 aliphatic carbocycles. The molecule has 4 aromatic rings. The van der Waals surface area contributed by atoms with Crippen LogP contribution in [-0.2, 0) is 5.60 Å². The quantitative estimate of drug-likeness (QED) is 0.195. The molecule has 0 radical (unpaired) electrons. The van der Waals surface area contributed by atoms with Gasteiger partial charge in [-0.2, -0.15) is 0 Å². The molecule has 0 aromatic heterocycles. The first kappa shape index (κ1) is 28.7. The van der Waals surface area contributed by atoms with Crippen LogP contribution in [0.25, 0.3) is 5.76 Å². The summed E-state index contributed by atoms with van der Waals surface area (Å²) in [5.74, 6) is 3.55. The molecular formula is C34H38N2O4. The number of benzene rings is 4. The Morgan fingerprint density at radius 1 is 0.700 bits per heavy atom. The van der Waals surface area contributed by atoms with Crippen molar-refractivity contribution in [1.82, 2.24) is 10.6 Å². The van der Waals surface area contributed by atoms with E-state index in [-0.39, 0.29) is 6.04 Å². The van der Waals surface area contributed by atoms with Gasteiger partial charge in [-0.25, -0.2) is 0 Å². The monoisotopic (exact) mass is 538 g/mol. The summed E-state index contributed by atoms with van der Waals surface area (Å²) < 4.78 is 24.8. The number of nitrogens with one attached hydrogen (secondary N) is 2. The normalized spacial score (nSPS) is 13.9. The van der Waals surface area contributed by atoms with Crippen molar-refractivity contribution in [3.05, 3.63) is 126 Å². The summed E-state index contributed by atoms with van der Waals surface area (Å²) in [6.45, 7) is 2.62. The van der Waals surface area contributed by atoms with Gasteiger partial charge in [0.05, 0.1) is 20.3 Å². The second-order valence-electron chi connectivity index (χ2n) is 9.37. The number of ether oxygens (including phenoxy) is 4. The molecule has 6 heteroatoms. The van der Waals surface area contributed by atoms with Gasteiger partial charge in [0.15, 0.2) is 5.60 Å². The van der Waals surface area contributed by atoms with E-state index in [0.29, 0.717) is 29.6 Å². The standard InChI is InChI=1S/C34H38N2O4/c1-25(36-3)34(27-15-10-7-11-16-27,40-31-18-12-17-30(23-31)38-5)32(24-35-2)33(26-13-8-6-9-14-26)39-29-21-19-28(37-4)20-22-29/h6-23,25,35-36H,24H2,1-5H3. The minimum absolute atomic E-state index is 0.178. The van der Waals surface area contributed by atoms with E-state index >= 15 is 0 Å². The van der Waals surface area contributed by atoms with Gasteiger partial charge in [-0.05, 0) is 57.4 Å². The number of likely N-dealkylation sites (N-methyl/N-ethyl adjacent to an activating group) is 2. The lowest BCUT2D eigenvalue weighted by Crippen LogP contribution is -2.53. The highest BCUT2D eigenvalue weighted by molar-refractivity contribution is 5.69. The summed E-state index contributed by atoms with van der Waals surface area (Å²) in [7, 11) is 7.18. The molecule has 0 aliphatic heterocycles. The van der Waals surface area contributed by atoms with E-state index < -0.39 is 5.60 Å². The van der Waals surface area contributed by atoms with Crippen LogP contribution in [0.5, 0.6) is 23.0 Å². The highest BCUT2D eigenvalue weighted by Crippen LogP contribution is 2.43. The maximum Gasteiger partial charge on any atom is 0.175 e. The molecular weight excluding hydrogens is 500 g/mol. The molecule has 0 spiro atoms. The van der Waals surface area contributed by atoms with Crippen molar-refractivity contribution in [2.75, 3.05) is 34.9 Å². The van der Waals surface area contributed by atoms with E-state index in [1.54, 1.807) is 14.2 Å². The SMILES string of the molecule is CNCC(=C(Oc1ccc(OC)cc1)c1ccccc1)C(Oc1cccc(OC)c1)(c1ccccc1)C(C)NC. The molecule has 0 saturated carbocycles. The molecule has 4 rings (SSSR count). The Morgan fingerprint density at radius 2 is 1.30 bits per heavy atom. The van der Waals surface area contributed by atoms with Crippen molar-refractivity contribution < 1.29 is 18.9 Å². The number of hydrogen-bond acceptors (Lipinski definition) is 6. The van der Waals surface area contributed by atoms with Gasteiger partial charge in [0.25, 0.3) is 0 Å². The van der Waals surface area contributed by atoms with Crippen molar-refractivity contribution in [2.45, 2.75) is 18.6 Å². The second kappa shape index (κ2) is 13.7. The van der Waals surface area contributed by atoms with Crippen LogP contribution in [0.15, 0.2) is 115 Å². The first-order valence-electron chi connectivity index (χ1n) is 13.4. The first-order valence-corrected chi connectivity index (χ1v) is 13.4. The molecule has 0 bridgehead atoms. The number of rotatable bonds is 13. The molecule has 0 amide bonds. The minimum Gasteiger partial charge on any atom is -0.497 e. The molecule has 0 saturated heterocycles. The van der Waals surface area contributed by atoms with Gasteiger partial charge in [0, 0.05) is 29.3 Å². The highest BCUT2D eigenvalue weighted by atomic mass is 16.5. The van der Waals surface area contributed by atoms with Crippen LogP contribution in [-0.4, -0.2) is 40.9 Å². The van der Waals surface area contributed by atoms with Crippen molar-refractivity contribution >= 4 is 5.76 Å². The van der Waals surface area contributed by atoms with Gasteiger partial charge < -0.3 is 29.6 Å². The van der Waals surface area contributed by atoms with Crippen molar-refractivity contribution in [1.29, 1.82) is 0 Å². The maximum atomic E-state index is 7.13. The van der Waals surface area contributed by atoms with E-state index in [1.165, 1.54) is 0 Å². The maximum absolute atomic E-state index is 7.13. The molecule has 208 valence electrons. The van der Waals surface area contributed by atoms with E-state index in [9.17, 15) is 0 Å². The predicted octanol–water partition coefficient (Wildman–Crippen LogP) is 6.30. The summed E-state index contributed by atoms with van der Waals surface area (Å²) in [5, 5.41) is 6.88. The fourth-order valence-electron chi connectivity index (χ4n) is 4.84. The number of methoxy groups -OCH3 is 2. The predicted molar refractivity (Wildman–Crippen MR) is 161 cm³/mol. The minimum atomic E-state index is -0.983. The summed E-state index contributed by atoms with van der Waals surface area (Å²) in [6.07, 6.45) is 0. The molecule has 2 unspecified atom stereocenters. The van der Waals surface area contributed by atoms with Gasteiger partial charge >= 0.3 is 0 Å². The molecule has 6 nitrogen and oxygen atoms in total. The lowest BCUT2D eigenvalue weighted by Gasteiger charge is -2.42. The zero-order valence-electron chi connectivity index (χ0n) is 23.8. The van der Waals surface area contributed by atoms with Gasteiger partial charge in [-0.15, -0.1) is 0 Å². The fraction of sp³-hybridized carbons (Fsp3) is 0.235. The Labute approximate surface area is 237 Å². The van der Waals surface area contributed by atoms with Crippen LogP contribution < -0.4 is 29.6 Å². The van der Waals surface area contributed by atoms with Crippen LogP contribution in [0.4, 0.5) is 0 Å². The Hall–Kier alpha value is -4.26. The fourth-order valence-corrected chi connectivity index (χ4v) is 4.84. The van der Waals surface area contributed by atoms with Crippen LogP contribution >= 0.6 is 0 Å².